The van der Waals surface area contributed by atoms with Crippen LogP contribution in [0.15, 0.2) is 18.2 Å². The number of aromatic nitrogens is 1. The largest absolute Gasteiger partial charge is 0.486 e. The van der Waals surface area contributed by atoms with Crippen molar-refractivity contribution in [2.45, 2.75) is 13.8 Å². The zero-order valence-corrected chi connectivity index (χ0v) is 13.2. The molecule has 0 unspecified atom stereocenters. The first-order chi connectivity index (χ1) is 10.7. The topological polar surface area (TPSA) is 69.7 Å². The van der Waals surface area contributed by atoms with Crippen molar-refractivity contribution in [1.29, 1.82) is 0 Å². The first-order valence-corrected chi connectivity index (χ1v) is 7.80. The number of aryl methyl sites for hydroxylation is 1. The highest BCUT2D eigenvalue weighted by atomic mass is 32.1. The number of hydrogen-bond donors (Lipinski definition) is 1. The van der Waals surface area contributed by atoms with E-state index in [1.807, 2.05) is 18.2 Å². The van der Waals surface area contributed by atoms with E-state index in [-0.39, 0.29) is 5.97 Å². The molecule has 0 spiro atoms. The van der Waals surface area contributed by atoms with Gasteiger partial charge < -0.3 is 19.5 Å². The molecule has 7 heteroatoms. The fraction of sp³-hybridized carbons (Fsp3) is 0.333. The summed E-state index contributed by atoms with van der Waals surface area (Å²) >= 11 is 1.27. The lowest BCUT2D eigenvalue weighted by atomic mass is 10.2. The molecule has 116 valence electrons. The maximum absolute atomic E-state index is 11.8. The lowest BCUT2D eigenvalue weighted by Crippen LogP contribution is -2.15. The molecule has 0 atom stereocenters. The van der Waals surface area contributed by atoms with Crippen molar-refractivity contribution < 1.29 is 19.0 Å². The Kier molecular flexibility index (Phi) is 4.15. The molecule has 0 saturated carbocycles. The van der Waals surface area contributed by atoms with Crippen molar-refractivity contribution in [3.05, 3.63) is 28.8 Å². The van der Waals surface area contributed by atoms with E-state index in [0.717, 1.165) is 11.4 Å². The zero-order chi connectivity index (χ0) is 15.5. The molecule has 1 aliphatic rings. The summed E-state index contributed by atoms with van der Waals surface area (Å²) in [5.74, 6) is 1.10. The van der Waals surface area contributed by atoms with Gasteiger partial charge in [-0.3, -0.25) is 0 Å². The minimum Gasteiger partial charge on any atom is -0.486 e. The Hall–Kier alpha value is -2.28. The van der Waals surface area contributed by atoms with Gasteiger partial charge in [0.2, 0.25) is 0 Å². The number of anilines is 2. The average molecular weight is 320 g/mol. The van der Waals surface area contributed by atoms with Crippen LogP contribution in [0, 0.1) is 6.92 Å². The first kappa shape index (κ1) is 14.6. The number of esters is 1. The van der Waals surface area contributed by atoms with Gasteiger partial charge in [-0.2, -0.15) is 0 Å². The Balaban J connectivity index is 1.78. The van der Waals surface area contributed by atoms with Crippen molar-refractivity contribution in [1.82, 2.24) is 4.98 Å². The summed E-state index contributed by atoms with van der Waals surface area (Å²) < 4.78 is 16.0. The molecule has 1 aromatic heterocycles. The average Bonchev–Trinajstić information content (AvgIpc) is 2.88. The highest BCUT2D eigenvalue weighted by molar-refractivity contribution is 7.17. The van der Waals surface area contributed by atoms with Crippen molar-refractivity contribution in [2.24, 2.45) is 0 Å². The second-order valence-corrected chi connectivity index (χ2v) is 5.64. The van der Waals surface area contributed by atoms with Crippen molar-refractivity contribution in [3.8, 4) is 11.5 Å². The molecule has 3 rings (SSSR count). The molecule has 0 amide bonds. The molecule has 6 nitrogen and oxygen atoms in total. The number of thiazole rings is 1. The lowest BCUT2D eigenvalue weighted by molar-refractivity contribution is 0.0531. The van der Waals surface area contributed by atoms with Gasteiger partial charge in [0.15, 0.2) is 16.6 Å². The van der Waals surface area contributed by atoms with Crippen LogP contribution in [0.5, 0.6) is 11.5 Å². The number of ether oxygens (including phenoxy) is 3. The van der Waals surface area contributed by atoms with E-state index in [0.29, 0.717) is 41.3 Å². The van der Waals surface area contributed by atoms with Crippen LogP contribution in [0.4, 0.5) is 10.8 Å². The second-order valence-electron chi connectivity index (χ2n) is 4.64. The maximum atomic E-state index is 11.8. The third-order valence-corrected chi connectivity index (χ3v) is 4.10. The highest BCUT2D eigenvalue weighted by Gasteiger charge is 2.17. The molecular formula is C15H16N2O4S. The van der Waals surface area contributed by atoms with Crippen molar-refractivity contribution in [2.75, 3.05) is 25.1 Å². The van der Waals surface area contributed by atoms with Crippen molar-refractivity contribution >= 4 is 28.1 Å². The molecule has 0 saturated heterocycles. The second kappa shape index (κ2) is 6.23. The minimum absolute atomic E-state index is 0.340. The van der Waals surface area contributed by atoms with Gasteiger partial charge in [-0.25, -0.2) is 9.78 Å². The van der Waals surface area contributed by atoms with Crippen LogP contribution < -0.4 is 14.8 Å². The van der Waals surface area contributed by atoms with Gasteiger partial charge in [0.25, 0.3) is 0 Å². The van der Waals surface area contributed by atoms with E-state index in [1.165, 1.54) is 11.3 Å². The van der Waals surface area contributed by atoms with Gasteiger partial charge >= 0.3 is 5.97 Å². The van der Waals surface area contributed by atoms with Crippen LogP contribution in [0.25, 0.3) is 0 Å². The zero-order valence-electron chi connectivity index (χ0n) is 12.3. The summed E-state index contributed by atoms with van der Waals surface area (Å²) in [5.41, 5.74) is 1.48. The summed E-state index contributed by atoms with van der Waals surface area (Å²) in [6, 6.07) is 5.59. The Morgan fingerprint density at radius 1 is 1.36 bits per heavy atom. The monoisotopic (exact) mass is 320 g/mol. The van der Waals surface area contributed by atoms with E-state index in [4.69, 9.17) is 14.2 Å². The number of carbonyl (C=O) groups is 1. The molecule has 0 bridgehead atoms. The van der Waals surface area contributed by atoms with Gasteiger partial charge in [0, 0.05) is 11.8 Å². The predicted octanol–water partition coefficient (Wildman–Crippen LogP) is 3.14. The first-order valence-electron chi connectivity index (χ1n) is 6.98. The molecule has 2 aromatic rings. The molecule has 1 N–H and O–H groups in total. The third-order valence-electron chi connectivity index (χ3n) is 3.05. The Morgan fingerprint density at radius 3 is 2.91 bits per heavy atom. The number of rotatable bonds is 4. The van der Waals surface area contributed by atoms with Crippen LogP contribution in [0.2, 0.25) is 0 Å². The number of hydrogen-bond acceptors (Lipinski definition) is 7. The van der Waals surface area contributed by atoms with Gasteiger partial charge in [0.05, 0.1) is 12.3 Å². The summed E-state index contributed by atoms with van der Waals surface area (Å²) in [6.07, 6.45) is 0. The van der Waals surface area contributed by atoms with Gasteiger partial charge in [-0.05, 0) is 26.0 Å². The van der Waals surface area contributed by atoms with Gasteiger partial charge in [0.1, 0.15) is 18.1 Å². The highest BCUT2D eigenvalue weighted by Crippen LogP contribution is 2.34. The molecule has 0 radical (unpaired) electrons. The normalized spacial score (nSPS) is 12.8. The summed E-state index contributed by atoms with van der Waals surface area (Å²) in [7, 11) is 0. The maximum Gasteiger partial charge on any atom is 0.350 e. The molecule has 0 aliphatic carbocycles. The van der Waals surface area contributed by atoms with E-state index in [2.05, 4.69) is 10.3 Å². The van der Waals surface area contributed by atoms with Crippen molar-refractivity contribution in [3.63, 3.8) is 0 Å². The lowest BCUT2D eigenvalue weighted by Gasteiger charge is -2.18. The van der Waals surface area contributed by atoms with Gasteiger partial charge in [-0.15, -0.1) is 0 Å². The van der Waals surface area contributed by atoms with Gasteiger partial charge in [-0.1, -0.05) is 11.3 Å². The molecular weight excluding hydrogens is 304 g/mol. The smallest absolute Gasteiger partial charge is 0.350 e. The summed E-state index contributed by atoms with van der Waals surface area (Å²) in [6.45, 7) is 5.02. The number of carbonyl (C=O) groups excluding carboxylic acids is 1. The summed E-state index contributed by atoms with van der Waals surface area (Å²) in [4.78, 5) is 16.7. The van der Waals surface area contributed by atoms with E-state index in [9.17, 15) is 4.79 Å². The van der Waals surface area contributed by atoms with Crippen LogP contribution in [-0.4, -0.2) is 30.8 Å². The van der Waals surface area contributed by atoms with E-state index < -0.39 is 0 Å². The SMILES string of the molecule is CCOC(=O)c1sc(Nc2ccc3c(c2)OCCO3)nc1C. The predicted molar refractivity (Wildman–Crippen MR) is 83.5 cm³/mol. The number of nitrogens with one attached hydrogen (secondary N) is 1. The van der Waals surface area contributed by atoms with Crippen LogP contribution in [-0.2, 0) is 4.74 Å². The number of benzene rings is 1. The fourth-order valence-corrected chi connectivity index (χ4v) is 2.96. The van der Waals surface area contributed by atoms with E-state index in [1.54, 1.807) is 13.8 Å². The van der Waals surface area contributed by atoms with Crippen LogP contribution in [0.1, 0.15) is 22.3 Å². The van der Waals surface area contributed by atoms with Crippen LogP contribution in [0.3, 0.4) is 0 Å². The Bertz CT molecular complexity index is 699. The molecule has 1 aromatic carbocycles. The molecule has 1 aliphatic heterocycles. The molecule has 2 heterocycles. The summed E-state index contributed by atoms with van der Waals surface area (Å²) in [5, 5.41) is 3.81. The van der Waals surface area contributed by atoms with Crippen LogP contribution >= 0.6 is 11.3 Å². The van der Waals surface area contributed by atoms with E-state index >= 15 is 0 Å². The third kappa shape index (κ3) is 2.99. The quantitative estimate of drug-likeness (QED) is 0.873. The number of fused-ring (bicyclic) bond motifs is 1. The Labute approximate surface area is 132 Å². The fourth-order valence-electron chi connectivity index (χ4n) is 2.08. The Morgan fingerprint density at radius 2 is 2.14 bits per heavy atom. The minimum atomic E-state index is -0.340. The molecule has 22 heavy (non-hydrogen) atoms. The molecule has 0 fully saturated rings. The number of nitrogens with zero attached hydrogens (tertiary/aromatic N) is 1. The standard InChI is InChI=1S/C15H16N2O4S/c1-3-19-14(18)13-9(2)16-15(22-13)17-10-4-5-11-12(8-10)21-7-6-20-11/h4-5,8H,3,6-7H2,1-2H3,(H,16,17).